The van der Waals surface area contributed by atoms with Crippen molar-refractivity contribution in [3.8, 4) is 0 Å². The summed E-state index contributed by atoms with van der Waals surface area (Å²) in [4.78, 5) is 19.7. The van der Waals surface area contributed by atoms with Crippen molar-refractivity contribution < 1.29 is 13.5 Å². The summed E-state index contributed by atoms with van der Waals surface area (Å²) in [5.74, 6) is -2.50. The predicted molar refractivity (Wildman–Crippen MR) is 190 cm³/mol. The molecule has 1 aromatic carbocycles. The molecule has 3 atom stereocenters. The summed E-state index contributed by atoms with van der Waals surface area (Å²) >= 11 is 4.90. The van der Waals surface area contributed by atoms with E-state index in [2.05, 4.69) is 49.0 Å². The number of hydrogen-bond donors (Lipinski definition) is 3. The molecule has 6 N–H and O–H groups in total. The van der Waals surface area contributed by atoms with E-state index in [0.29, 0.717) is 32.7 Å². The van der Waals surface area contributed by atoms with Crippen LogP contribution in [0.25, 0.3) is 0 Å². The van der Waals surface area contributed by atoms with Crippen molar-refractivity contribution in [3.63, 3.8) is 0 Å². The van der Waals surface area contributed by atoms with Crippen molar-refractivity contribution in [3.05, 3.63) is 85.1 Å². The van der Waals surface area contributed by atoms with E-state index >= 15 is 0 Å². The predicted octanol–water partition coefficient (Wildman–Crippen LogP) is 4.55. The second-order valence-corrected chi connectivity index (χ2v) is 14.7. The number of alkyl halides is 2. The summed E-state index contributed by atoms with van der Waals surface area (Å²) in [5, 5.41) is 9.09. The van der Waals surface area contributed by atoms with Crippen LogP contribution in [0.4, 0.5) is 8.78 Å². The Labute approximate surface area is 293 Å². The van der Waals surface area contributed by atoms with E-state index in [1.54, 1.807) is 28.9 Å². The number of rotatable bonds is 9. The third-order valence-corrected chi connectivity index (χ3v) is 11.6. The molecule has 3 aliphatic heterocycles. The Balaban J connectivity index is 0.000000142. The smallest absolute Gasteiger partial charge is 0.250 e. The second-order valence-electron chi connectivity index (χ2n) is 11.9. The Kier molecular flexibility index (Phi) is 14.3. The Morgan fingerprint density at radius 1 is 0.667 bits per heavy atom. The quantitative estimate of drug-likeness (QED) is 0.226. The summed E-state index contributed by atoms with van der Waals surface area (Å²) < 4.78 is 31.3. The molecule has 0 saturated carbocycles. The first-order valence-corrected chi connectivity index (χ1v) is 19.1. The van der Waals surface area contributed by atoms with Crippen LogP contribution in [-0.2, 0) is 17.7 Å². The summed E-state index contributed by atoms with van der Waals surface area (Å²) in [5.41, 5.74) is 20.3. The normalized spacial score (nSPS) is 20.4. The zero-order chi connectivity index (χ0) is 33.8. The molecule has 0 radical (unpaired) electrons. The molecular formula is C33H47F2N9OS3. The first-order valence-electron chi connectivity index (χ1n) is 16.4. The van der Waals surface area contributed by atoms with Gasteiger partial charge < -0.3 is 21.9 Å². The molecule has 3 aliphatic rings. The van der Waals surface area contributed by atoms with E-state index in [1.807, 2.05) is 33.4 Å². The minimum atomic E-state index is -2.50. The topological polar surface area (TPSA) is 136 Å². The van der Waals surface area contributed by atoms with Crippen LogP contribution < -0.4 is 17.2 Å². The van der Waals surface area contributed by atoms with Crippen LogP contribution in [-0.4, -0.2) is 101 Å². The van der Waals surface area contributed by atoms with E-state index < -0.39 is 5.92 Å². The number of aromatic nitrogens is 3. The highest BCUT2D eigenvalue weighted by atomic mass is 32.1. The third kappa shape index (κ3) is 10.1. The standard InChI is InChI=1S/C14H17N3S.C10H15F2N3S.C9H15N3OS/c15-9-13(14-16-6-8-18-14)17-7-5-11-3-1-2-4-12(11)10-17;11-10(12)1-4-15(5-2-10)8(7-13)9-14-3-6-16-9;10-7-8(9-11-1-6-14-9)12-2-4-13-5-3-12/h1-4,6,8,13H,5,7,9-10,15H2;3,6,8H,1-2,4-5,7,13H2;1,6,8H,2-5,7,10H2. The van der Waals surface area contributed by atoms with Gasteiger partial charge in [0.05, 0.1) is 31.3 Å². The molecule has 48 heavy (non-hydrogen) atoms. The molecule has 0 aliphatic carbocycles. The lowest BCUT2D eigenvalue weighted by molar-refractivity contribution is -0.0627. The van der Waals surface area contributed by atoms with Crippen LogP contribution in [0, 0.1) is 0 Å². The maximum atomic E-state index is 13.0. The van der Waals surface area contributed by atoms with Gasteiger partial charge in [0.2, 0.25) is 0 Å². The molecule has 0 spiro atoms. The lowest BCUT2D eigenvalue weighted by Gasteiger charge is -2.36. The number of piperidine rings is 1. The monoisotopic (exact) mass is 719 g/mol. The summed E-state index contributed by atoms with van der Waals surface area (Å²) in [6.07, 6.45) is 6.38. The summed E-state index contributed by atoms with van der Waals surface area (Å²) in [7, 11) is 0. The van der Waals surface area contributed by atoms with E-state index in [4.69, 9.17) is 21.9 Å². The van der Waals surface area contributed by atoms with Gasteiger partial charge in [0, 0.05) is 106 Å². The molecule has 15 heteroatoms. The van der Waals surface area contributed by atoms with Crippen LogP contribution in [0.2, 0.25) is 0 Å². The van der Waals surface area contributed by atoms with E-state index in [0.717, 1.165) is 60.8 Å². The molecule has 3 aromatic heterocycles. The molecule has 3 unspecified atom stereocenters. The number of nitrogens with two attached hydrogens (primary N) is 3. The Hall–Kier alpha value is -2.31. The number of thiazole rings is 3. The fourth-order valence-corrected chi connectivity index (χ4v) is 8.61. The van der Waals surface area contributed by atoms with Gasteiger partial charge in [-0.1, -0.05) is 24.3 Å². The number of hydrogen-bond acceptors (Lipinski definition) is 13. The number of morpholine rings is 1. The van der Waals surface area contributed by atoms with Crippen molar-refractivity contribution in [2.75, 3.05) is 65.6 Å². The number of benzene rings is 1. The summed E-state index contributed by atoms with van der Waals surface area (Å²) in [6.45, 7) is 8.08. The number of likely N-dealkylation sites (tertiary alicyclic amines) is 1. The maximum Gasteiger partial charge on any atom is 0.250 e. The summed E-state index contributed by atoms with van der Waals surface area (Å²) in [6, 6.07) is 9.22. The van der Waals surface area contributed by atoms with Crippen molar-refractivity contribution >= 4 is 34.0 Å². The van der Waals surface area contributed by atoms with Crippen LogP contribution >= 0.6 is 34.0 Å². The fourth-order valence-electron chi connectivity index (χ4n) is 6.25. The molecule has 7 rings (SSSR count). The highest BCUT2D eigenvalue weighted by Gasteiger charge is 2.36. The van der Waals surface area contributed by atoms with Gasteiger partial charge in [-0.05, 0) is 17.5 Å². The van der Waals surface area contributed by atoms with Crippen molar-refractivity contribution in [1.82, 2.24) is 29.7 Å². The highest BCUT2D eigenvalue weighted by molar-refractivity contribution is 7.10. The Morgan fingerprint density at radius 2 is 1.12 bits per heavy atom. The van der Waals surface area contributed by atoms with Crippen molar-refractivity contribution in [1.29, 1.82) is 0 Å². The lowest BCUT2D eigenvalue weighted by atomic mass is 9.98. The molecule has 10 nitrogen and oxygen atoms in total. The van der Waals surface area contributed by atoms with Gasteiger partial charge in [0.25, 0.3) is 5.92 Å². The first kappa shape index (κ1) is 37.0. The maximum absolute atomic E-state index is 13.0. The molecule has 0 amide bonds. The molecule has 6 heterocycles. The van der Waals surface area contributed by atoms with Crippen LogP contribution in [0.15, 0.2) is 59.0 Å². The fraction of sp³-hybridized carbons (Fsp3) is 0.545. The molecule has 262 valence electrons. The van der Waals surface area contributed by atoms with Crippen LogP contribution in [0.5, 0.6) is 0 Å². The zero-order valence-corrected chi connectivity index (χ0v) is 29.7. The lowest BCUT2D eigenvalue weighted by Crippen LogP contribution is -2.43. The largest absolute Gasteiger partial charge is 0.379 e. The van der Waals surface area contributed by atoms with Gasteiger partial charge in [-0.2, -0.15) is 0 Å². The SMILES string of the molecule is NCC(c1nccs1)N1CCC(F)(F)CC1.NCC(c1nccs1)N1CCOCC1.NCC(c1nccs1)N1CCc2ccccc2C1. The average Bonchev–Trinajstić information content (AvgIpc) is 3.94. The van der Waals surface area contributed by atoms with Crippen molar-refractivity contribution in [2.24, 2.45) is 17.2 Å². The van der Waals surface area contributed by atoms with E-state index in [9.17, 15) is 8.78 Å². The van der Waals surface area contributed by atoms with Crippen LogP contribution in [0.3, 0.4) is 0 Å². The number of ether oxygens (including phenoxy) is 1. The molecule has 2 saturated heterocycles. The van der Waals surface area contributed by atoms with Gasteiger partial charge >= 0.3 is 0 Å². The number of nitrogens with zero attached hydrogens (tertiary/aromatic N) is 6. The van der Waals surface area contributed by atoms with Crippen molar-refractivity contribution in [2.45, 2.75) is 49.9 Å². The molecule has 4 aromatic rings. The van der Waals surface area contributed by atoms with E-state index in [-0.39, 0.29) is 31.0 Å². The molecule has 2 fully saturated rings. The minimum Gasteiger partial charge on any atom is -0.379 e. The molecule has 0 bridgehead atoms. The van der Waals surface area contributed by atoms with Gasteiger partial charge in [-0.25, -0.2) is 23.7 Å². The highest BCUT2D eigenvalue weighted by Crippen LogP contribution is 2.33. The van der Waals surface area contributed by atoms with E-state index in [1.165, 1.54) is 22.5 Å². The Bertz CT molecular complexity index is 1430. The number of fused-ring (bicyclic) bond motifs is 1. The van der Waals surface area contributed by atoms with Gasteiger partial charge in [0.1, 0.15) is 15.0 Å². The molecular weight excluding hydrogens is 673 g/mol. The van der Waals surface area contributed by atoms with Gasteiger partial charge in [0.15, 0.2) is 0 Å². The Morgan fingerprint density at radius 3 is 1.58 bits per heavy atom. The second kappa shape index (κ2) is 18.6. The van der Waals surface area contributed by atoms with Gasteiger partial charge in [-0.15, -0.1) is 34.0 Å². The van der Waals surface area contributed by atoms with Crippen LogP contribution in [0.1, 0.15) is 57.1 Å². The van der Waals surface area contributed by atoms with Gasteiger partial charge in [-0.3, -0.25) is 14.7 Å². The zero-order valence-electron chi connectivity index (χ0n) is 27.2. The third-order valence-electron chi connectivity index (χ3n) is 8.94. The first-order chi connectivity index (χ1) is 23.4. The average molecular weight is 720 g/mol. The minimum absolute atomic E-state index is 0.00361. The number of halogens is 2.